The molecule has 3 rings (SSSR count). The standard InChI is InChI=1S/C39H54N4O9S/c1-23(26(4)45)17-33(46)32-21-27-7-9-35(51-14-12-40)30(20-27)31-22-28(8-10-36(31)52-15-13-41)37(34(47)18-24(2)38(48)42-32)43(5)39(49)29(19-25(3)44)11-16-53(6)50/h7-10,20,22-24,29,32,37H,11-19,21,40-41H2,1-6H3,(H,42,48)/t23-,24-,29-,32+,37+,53?/m1/s1. The lowest BCUT2D eigenvalue weighted by Gasteiger charge is -2.32. The molecule has 5 N–H and O–H groups in total. The number of Topliss-reactive ketones (excluding diaryl/α,β-unsaturated/α-hetero) is 4. The van der Waals surface area contributed by atoms with Gasteiger partial charge in [0, 0.05) is 91.1 Å². The van der Waals surface area contributed by atoms with Gasteiger partial charge in [-0.05, 0) is 62.1 Å². The molecule has 4 bridgehead atoms. The number of hydrogen-bond donors (Lipinski definition) is 3. The number of nitrogens with two attached hydrogens (primary N) is 2. The number of nitrogens with zero attached hydrogens (tertiary/aromatic N) is 1. The van der Waals surface area contributed by atoms with Crippen LogP contribution in [0.2, 0.25) is 0 Å². The number of carbonyl (C=O) groups is 6. The monoisotopic (exact) mass is 754 g/mol. The first-order valence-corrected chi connectivity index (χ1v) is 19.7. The van der Waals surface area contributed by atoms with Crippen LogP contribution in [0.15, 0.2) is 36.4 Å². The van der Waals surface area contributed by atoms with Gasteiger partial charge in [0.2, 0.25) is 11.8 Å². The summed E-state index contributed by atoms with van der Waals surface area (Å²) < 4.78 is 24.1. The molecule has 0 spiro atoms. The van der Waals surface area contributed by atoms with Crippen molar-refractivity contribution in [1.29, 1.82) is 0 Å². The normalized spacial score (nSPS) is 19.2. The molecule has 2 aromatic carbocycles. The number of likely N-dealkylation sites (N-methyl/N-ethyl adjacent to an activating group) is 1. The molecule has 290 valence electrons. The Labute approximate surface area is 314 Å². The molecule has 13 nitrogen and oxygen atoms in total. The smallest absolute Gasteiger partial charge is 0.226 e. The summed E-state index contributed by atoms with van der Waals surface area (Å²) in [5, 5.41) is 2.84. The Bertz CT molecular complexity index is 1700. The van der Waals surface area contributed by atoms with E-state index in [0.717, 1.165) is 0 Å². The van der Waals surface area contributed by atoms with Crippen molar-refractivity contribution in [2.24, 2.45) is 29.2 Å². The van der Waals surface area contributed by atoms with E-state index in [2.05, 4.69) is 5.32 Å². The molecule has 1 unspecified atom stereocenters. The topological polar surface area (TPSA) is 205 Å². The number of carbonyl (C=O) groups excluding carboxylic acids is 6. The van der Waals surface area contributed by atoms with E-state index in [9.17, 15) is 33.0 Å². The van der Waals surface area contributed by atoms with Crippen LogP contribution in [0.3, 0.4) is 0 Å². The third-order valence-corrected chi connectivity index (χ3v) is 10.2. The van der Waals surface area contributed by atoms with Crippen molar-refractivity contribution in [1.82, 2.24) is 10.2 Å². The third kappa shape index (κ3) is 12.1. The molecule has 0 saturated heterocycles. The highest BCUT2D eigenvalue weighted by molar-refractivity contribution is 7.84. The zero-order valence-electron chi connectivity index (χ0n) is 31.6. The number of ketones is 4. The van der Waals surface area contributed by atoms with Gasteiger partial charge in [-0.2, -0.15) is 0 Å². The number of fused-ring (bicyclic) bond motifs is 5. The second-order valence-electron chi connectivity index (χ2n) is 13.9. The van der Waals surface area contributed by atoms with E-state index in [1.165, 1.54) is 32.1 Å². The quantitative estimate of drug-likeness (QED) is 0.214. The van der Waals surface area contributed by atoms with Crippen molar-refractivity contribution in [2.45, 2.75) is 71.9 Å². The van der Waals surface area contributed by atoms with E-state index < -0.39 is 58.2 Å². The summed E-state index contributed by atoms with van der Waals surface area (Å²) in [6.07, 6.45) is 1.33. The van der Waals surface area contributed by atoms with Crippen LogP contribution < -0.4 is 26.3 Å². The van der Waals surface area contributed by atoms with E-state index in [-0.39, 0.29) is 81.5 Å². The van der Waals surface area contributed by atoms with Gasteiger partial charge in [-0.1, -0.05) is 26.0 Å². The maximum atomic E-state index is 14.4. The largest absolute Gasteiger partial charge is 0.492 e. The first-order chi connectivity index (χ1) is 25.1. The highest BCUT2D eigenvalue weighted by Crippen LogP contribution is 2.41. The lowest BCUT2D eigenvalue weighted by molar-refractivity contribution is -0.143. The fraction of sp³-hybridized carbons (Fsp3) is 0.538. The van der Waals surface area contributed by atoms with Crippen LogP contribution in [0.1, 0.15) is 70.5 Å². The highest BCUT2D eigenvalue weighted by atomic mass is 32.2. The lowest BCUT2D eigenvalue weighted by atomic mass is 9.88. The molecule has 0 fully saturated rings. The molecule has 1 heterocycles. The van der Waals surface area contributed by atoms with Gasteiger partial charge in [0.25, 0.3) is 0 Å². The molecule has 53 heavy (non-hydrogen) atoms. The summed E-state index contributed by atoms with van der Waals surface area (Å²) in [5.74, 6) is -3.42. The summed E-state index contributed by atoms with van der Waals surface area (Å²) in [6.45, 7) is 6.81. The Hall–Kier alpha value is -4.27. The molecule has 0 aromatic heterocycles. The van der Waals surface area contributed by atoms with Crippen molar-refractivity contribution in [3.05, 3.63) is 47.5 Å². The van der Waals surface area contributed by atoms with E-state index >= 15 is 0 Å². The SMILES string of the molecule is CC(=O)C[C@@H](CCS(C)=O)C(=O)N(C)[C@@H]1C(=O)C[C@@H](C)C(=O)N[C@H](C(=O)C[C@@H](C)C(C)=O)Cc2ccc(OCCN)c(c2)-c2cc1ccc2OCCN. The Morgan fingerprint density at radius 2 is 1.55 bits per heavy atom. The van der Waals surface area contributed by atoms with Crippen molar-refractivity contribution in [2.75, 3.05) is 45.4 Å². The first-order valence-electron chi connectivity index (χ1n) is 17.9. The minimum atomic E-state index is -1.22. The molecule has 1 aliphatic heterocycles. The number of nitrogens with one attached hydrogen (secondary N) is 1. The number of ether oxygens (including phenoxy) is 2. The van der Waals surface area contributed by atoms with Crippen LogP contribution in [-0.2, 0) is 46.0 Å². The Morgan fingerprint density at radius 1 is 0.943 bits per heavy atom. The van der Waals surface area contributed by atoms with Crippen LogP contribution >= 0.6 is 0 Å². The van der Waals surface area contributed by atoms with Gasteiger partial charge in [0.15, 0.2) is 11.6 Å². The average molecular weight is 755 g/mol. The van der Waals surface area contributed by atoms with Crippen molar-refractivity contribution < 1.29 is 42.4 Å². The van der Waals surface area contributed by atoms with Gasteiger partial charge in [0.05, 0.1) is 6.04 Å². The first kappa shape index (κ1) is 43.1. The van der Waals surface area contributed by atoms with Crippen molar-refractivity contribution in [3.63, 3.8) is 0 Å². The van der Waals surface area contributed by atoms with Crippen LogP contribution in [0, 0.1) is 17.8 Å². The summed E-state index contributed by atoms with van der Waals surface area (Å²) >= 11 is 0. The number of amides is 2. The van der Waals surface area contributed by atoms with Gasteiger partial charge in [-0.15, -0.1) is 0 Å². The predicted octanol–water partition coefficient (Wildman–Crippen LogP) is 2.71. The summed E-state index contributed by atoms with van der Waals surface area (Å²) in [4.78, 5) is 81.5. The molecule has 0 saturated carbocycles. The summed E-state index contributed by atoms with van der Waals surface area (Å²) in [6, 6.07) is 8.22. The molecular formula is C39H54N4O9S. The summed E-state index contributed by atoms with van der Waals surface area (Å²) in [7, 11) is 0.260. The summed E-state index contributed by atoms with van der Waals surface area (Å²) in [5.41, 5.74) is 13.8. The minimum absolute atomic E-state index is 0.0840. The third-order valence-electron chi connectivity index (χ3n) is 9.38. The van der Waals surface area contributed by atoms with E-state index in [0.29, 0.717) is 33.8 Å². The van der Waals surface area contributed by atoms with Crippen molar-refractivity contribution >= 4 is 45.7 Å². The van der Waals surface area contributed by atoms with Crippen LogP contribution in [0.25, 0.3) is 11.1 Å². The molecule has 14 heteroatoms. The average Bonchev–Trinajstić information content (AvgIpc) is 3.10. The maximum absolute atomic E-state index is 14.4. The predicted molar refractivity (Wildman–Crippen MR) is 203 cm³/mol. The second kappa shape index (κ2) is 20.3. The Kier molecular flexibility index (Phi) is 16.5. The second-order valence-corrected chi connectivity index (χ2v) is 15.5. The van der Waals surface area contributed by atoms with Crippen LogP contribution in [0.4, 0.5) is 0 Å². The molecule has 2 amide bonds. The van der Waals surface area contributed by atoms with Crippen LogP contribution in [-0.4, -0.2) is 95.5 Å². The Morgan fingerprint density at radius 3 is 2.11 bits per heavy atom. The van der Waals surface area contributed by atoms with Crippen LogP contribution in [0.5, 0.6) is 11.5 Å². The number of hydrogen-bond acceptors (Lipinski definition) is 11. The molecular weight excluding hydrogens is 701 g/mol. The maximum Gasteiger partial charge on any atom is 0.226 e. The van der Waals surface area contributed by atoms with Gasteiger partial charge >= 0.3 is 0 Å². The fourth-order valence-electron chi connectivity index (χ4n) is 6.33. The van der Waals surface area contributed by atoms with E-state index in [1.807, 2.05) is 6.07 Å². The van der Waals surface area contributed by atoms with Gasteiger partial charge < -0.3 is 36.0 Å². The Balaban J connectivity index is 2.30. The van der Waals surface area contributed by atoms with Gasteiger partial charge in [0.1, 0.15) is 42.3 Å². The van der Waals surface area contributed by atoms with E-state index in [4.69, 9.17) is 20.9 Å². The van der Waals surface area contributed by atoms with Crippen molar-refractivity contribution in [3.8, 4) is 22.6 Å². The molecule has 0 aliphatic carbocycles. The van der Waals surface area contributed by atoms with Gasteiger partial charge in [-0.25, -0.2) is 0 Å². The zero-order chi connectivity index (χ0) is 39.4. The lowest BCUT2D eigenvalue weighted by Crippen LogP contribution is -2.46. The number of benzene rings is 2. The molecule has 2 aromatic rings. The zero-order valence-corrected chi connectivity index (χ0v) is 32.4. The highest BCUT2D eigenvalue weighted by Gasteiger charge is 2.36. The molecule has 6 atom stereocenters. The number of rotatable bonds is 17. The van der Waals surface area contributed by atoms with Gasteiger partial charge in [-0.3, -0.25) is 28.2 Å². The fourth-order valence-corrected chi connectivity index (χ4v) is 6.95. The molecule has 0 radical (unpaired) electrons. The molecule has 1 aliphatic rings. The van der Waals surface area contributed by atoms with E-state index in [1.54, 1.807) is 44.2 Å². The minimum Gasteiger partial charge on any atom is -0.492 e.